The molecule has 2 fully saturated rings. The molecule has 8 nitrogen and oxygen atoms in total. The topological polar surface area (TPSA) is 68.4 Å². The first-order valence-electron chi connectivity index (χ1n) is 10.3. The zero-order valence-corrected chi connectivity index (χ0v) is 16.5. The maximum Gasteiger partial charge on any atom is 0.253 e. The third kappa shape index (κ3) is 3.04. The summed E-state index contributed by atoms with van der Waals surface area (Å²) in [4.78, 5) is 26.5. The Morgan fingerprint density at radius 1 is 1.14 bits per heavy atom. The van der Waals surface area contributed by atoms with E-state index in [2.05, 4.69) is 24.0 Å². The average Bonchev–Trinajstić information content (AvgIpc) is 3.46. The summed E-state index contributed by atoms with van der Waals surface area (Å²) in [5, 5.41) is 0. The van der Waals surface area contributed by atoms with E-state index in [0.717, 1.165) is 70.1 Å². The van der Waals surface area contributed by atoms with Gasteiger partial charge < -0.3 is 18.8 Å². The van der Waals surface area contributed by atoms with Crippen molar-refractivity contribution in [3.05, 3.63) is 36.4 Å². The Kier molecular flexibility index (Phi) is 4.47. The highest BCUT2D eigenvalue weighted by atomic mass is 16.5. The lowest BCUT2D eigenvalue weighted by atomic mass is 9.88. The first kappa shape index (κ1) is 17.9. The molecule has 0 aliphatic carbocycles. The van der Waals surface area contributed by atoms with Gasteiger partial charge in [0.15, 0.2) is 6.10 Å². The number of imidazole rings is 2. The summed E-state index contributed by atoms with van der Waals surface area (Å²) in [6.07, 6.45) is 11.1. The number of carbonyl (C=O) groups is 1. The van der Waals surface area contributed by atoms with Gasteiger partial charge in [-0.15, -0.1) is 0 Å². The third-order valence-corrected chi connectivity index (χ3v) is 6.50. The normalized spacial score (nSPS) is 24.6. The molecule has 0 aromatic carbocycles. The van der Waals surface area contributed by atoms with Crippen LogP contribution >= 0.6 is 0 Å². The summed E-state index contributed by atoms with van der Waals surface area (Å²) < 4.78 is 10.8. The van der Waals surface area contributed by atoms with Gasteiger partial charge in [-0.1, -0.05) is 0 Å². The van der Waals surface area contributed by atoms with Crippen LogP contribution in [0.15, 0.2) is 24.8 Å². The van der Waals surface area contributed by atoms with Crippen LogP contribution in [0.2, 0.25) is 0 Å². The lowest BCUT2D eigenvalue weighted by molar-refractivity contribution is -0.180. The second-order valence-corrected chi connectivity index (χ2v) is 8.27. The van der Waals surface area contributed by atoms with Gasteiger partial charge in [-0.2, -0.15) is 0 Å². The van der Waals surface area contributed by atoms with E-state index in [4.69, 9.17) is 4.74 Å². The fourth-order valence-corrected chi connectivity index (χ4v) is 4.83. The summed E-state index contributed by atoms with van der Waals surface area (Å²) in [7, 11) is 2.03. The molecule has 5 rings (SSSR count). The molecule has 1 atom stereocenters. The summed E-state index contributed by atoms with van der Waals surface area (Å²) >= 11 is 0. The Labute approximate surface area is 165 Å². The molecule has 3 aliphatic heterocycles. The molecular weight excluding hydrogens is 356 g/mol. The van der Waals surface area contributed by atoms with Crippen molar-refractivity contribution in [3.8, 4) is 0 Å². The molecule has 3 aliphatic rings. The molecular formula is C20H28N6O2. The minimum Gasteiger partial charge on any atom is -0.352 e. The highest BCUT2D eigenvalue weighted by Gasteiger charge is 2.47. The molecule has 28 heavy (non-hydrogen) atoms. The first-order chi connectivity index (χ1) is 13.6. The molecule has 1 amide bonds. The van der Waals surface area contributed by atoms with Crippen molar-refractivity contribution in [2.75, 3.05) is 26.2 Å². The van der Waals surface area contributed by atoms with E-state index in [9.17, 15) is 4.79 Å². The van der Waals surface area contributed by atoms with Gasteiger partial charge in [0, 0.05) is 58.0 Å². The number of amides is 1. The maximum atomic E-state index is 13.0. The van der Waals surface area contributed by atoms with Crippen LogP contribution in [-0.4, -0.2) is 67.1 Å². The molecule has 2 aromatic heterocycles. The lowest BCUT2D eigenvalue weighted by Gasteiger charge is -2.46. The van der Waals surface area contributed by atoms with Crippen molar-refractivity contribution < 1.29 is 9.53 Å². The zero-order valence-electron chi connectivity index (χ0n) is 16.5. The van der Waals surface area contributed by atoms with Crippen LogP contribution in [0.25, 0.3) is 0 Å². The molecule has 0 unspecified atom stereocenters. The molecule has 5 heterocycles. The number of aromatic nitrogens is 4. The van der Waals surface area contributed by atoms with Crippen LogP contribution in [0.3, 0.4) is 0 Å². The van der Waals surface area contributed by atoms with Crippen molar-refractivity contribution >= 4 is 5.91 Å². The van der Waals surface area contributed by atoms with Crippen LogP contribution in [-0.2, 0) is 35.3 Å². The fourth-order valence-electron chi connectivity index (χ4n) is 4.83. The second-order valence-electron chi connectivity index (χ2n) is 8.27. The standard InChI is InChI=1S/C20H28N6O2/c1-23-12-6-21-17(23)15-24-10-4-20(5-11-24)19-22-7-13-26(19)14-16(28-20)18(27)25-8-2-3-9-25/h6-7,12-13,16H,2-5,8-11,14-15H2,1H3/t16-/m0/s1. The number of likely N-dealkylation sites (tertiary alicyclic amines) is 2. The van der Waals surface area contributed by atoms with Crippen LogP contribution in [0.1, 0.15) is 37.3 Å². The third-order valence-electron chi connectivity index (χ3n) is 6.50. The minimum atomic E-state index is -0.458. The van der Waals surface area contributed by atoms with Crippen LogP contribution in [0.5, 0.6) is 0 Å². The van der Waals surface area contributed by atoms with Crippen molar-refractivity contribution in [2.24, 2.45) is 7.05 Å². The van der Waals surface area contributed by atoms with Crippen LogP contribution in [0.4, 0.5) is 0 Å². The number of rotatable bonds is 3. The first-order valence-corrected chi connectivity index (χ1v) is 10.3. The van der Waals surface area contributed by atoms with Gasteiger partial charge in [-0.05, 0) is 25.7 Å². The highest BCUT2D eigenvalue weighted by molar-refractivity contribution is 5.81. The summed E-state index contributed by atoms with van der Waals surface area (Å²) in [6, 6.07) is 0. The summed E-state index contributed by atoms with van der Waals surface area (Å²) in [5.74, 6) is 2.20. The van der Waals surface area contributed by atoms with Gasteiger partial charge in [0.05, 0.1) is 13.1 Å². The van der Waals surface area contributed by atoms with Crippen LogP contribution < -0.4 is 0 Å². The summed E-state index contributed by atoms with van der Waals surface area (Å²) in [5.41, 5.74) is -0.458. The van der Waals surface area contributed by atoms with Gasteiger partial charge in [-0.25, -0.2) is 9.97 Å². The average molecular weight is 384 g/mol. The molecule has 0 N–H and O–H groups in total. The Hall–Kier alpha value is -2.19. The molecule has 0 radical (unpaired) electrons. The quantitative estimate of drug-likeness (QED) is 0.794. The number of fused-ring (bicyclic) bond motifs is 2. The number of nitrogens with zero attached hydrogens (tertiary/aromatic N) is 6. The SMILES string of the molecule is Cn1ccnc1CN1CCC2(CC1)O[C@H](C(=O)N1CCCC1)Cn1ccnc12. The van der Waals surface area contributed by atoms with Crippen molar-refractivity contribution in [2.45, 2.75) is 50.5 Å². The largest absolute Gasteiger partial charge is 0.352 e. The van der Waals surface area contributed by atoms with Gasteiger partial charge >= 0.3 is 0 Å². The monoisotopic (exact) mass is 384 g/mol. The molecule has 0 bridgehead atoms. The molecule has 2 saturated heterocycles. The van der Waals surface area contributed by atoms with Crippen molar-refractivity contribution in [1.82, 2.24) is 28.9 Å². The Bertz CT molecular complexity index is 845. The molecule has 8 heteroatoms. The van der Waals surface area contributed by atoms with E-state index in [0.29, 0.717) is 6.54 Å². The number of hydrogen-bond acceptors (Lipinski definition) is 5. The number of ether oxygens (including phenoxy) is 1. The predicted molar refractivity (Wildman–Crippen MR) is 102 cm³/mol. The predicted octanol–water partition coefficient (Wildman–Crippen LogP) is 1.13. The Morgan fingerprint density at radius 3 is 2.61 bits per heavy atom. The van der Waals surface area contributed by atoms with Crippen molar-refractivity contribution in [1.29, 1.82) is 0 Å². The number of aryl methyl sites for hydroxylation is 1. The highest BCUT2D eigenvalue weighted by Crippen LogP contribution is 2.40. The number of carbonyl (C=O) groups excluding carboxylic acids is 1. The van der Waals surface area contributed by atoms with Gasteiger partial charge in [0.2, 0.25) is 0 Å². The van der Waals surface area contributed by atoms with Gasteiger partial charge in [-0.3, -0.25) is 9.69 Å². The van der Waals surface area contributed by atoms with Crippen molar-refractivity contribution in [3.63, 3.8) is 0 Å². The maximum absolute atomic E-state index is 13.0. The zero-order chi connectivity index (χ0) is 19.1. The van der Waals surface area contributed by atoms with E-state index < -0.39 is 11.7 Å². The smallest absolute Gasteiger partial charge is 0.253 e. The van der Waals surface area contributed by atoms with Gasteiger partial charge in [0.1, 0.15) is 17.2 Å². The minimum absolute atomic E-state index is 0.145. The number of hydrogen-bond donors (Lipinski definition) is 0. The van der Waals surface area contributed by atoms with E-state index >= 15 is 0 Å². The van der Waals surface area contributed by atoms with E-state index in [1.165, 1.54) is 0 Å². The second kappa shape index (κ2) is 7.00. The van der Waals surface area contributed by atoms with Crippen LogP contribution in [0, 0.1) is 0 Å². The molecule has 0 saturated carbocycles. The number of piperidine rings is 1. The Balaban J connectivity index is 1.32. The van der Waals surface area contributed by atoms with E-state index in [-0.39, 0.29) is 5.91 Å². The van der Waals surface area contributed by atoms with Gasteiger partial charge in [0.25, 0.3) is 5.91 Å². The van der Waals surface area contributed by atoms with E-state index in [1.807, 2.05) is 36.7 Å². The van der Waals surface area contributed by atoms with E-state index in [1.54, 1.807) is 0 Å². The Morgan fingerprint density at radius 2 is 1.89 bits per heavy atom. The molecule has 2 aromatic rings. The lowest BCUT2D eigenvalue weighted by Crippen LogP contribution is -2.54. The molecule has 1 spiro atoms. The summed E-state index contributed by atoms with van der Waals surface area (Å²) in [6.45, 7) is 4.95. The fraction of sp³-hybridized carbons (Fsp3) is 0.650. The molecule has 150 valence electrons.